The molecule has 0 aliphatic heterocycles. The van der Waals surface area contributed by atoms with E-state index in [9.17, 15) is 20.1 Å². The molecule has 0 bridgehead atoms. The van der Waals surface area contributed by atoms with Crippen LogP contribution in [0.3, 0.4) is 0 Å². The normalized spacial score (nSPS) is 19.2. The third-order valence-corrected chi connectivity index (χ3v) is 6.05. The number of hydrogen-bond donors (Lipinski definition) is 3. The van der Waals surface area contributed by atoms with E-state index in [1.807, 2.05) is 37.3 Å². The molecule has 0 radical (unpaired) electrons. The summed E-state index contributed by atoms with van der Waals surface area (Å²) >= 11 is 0. The van der Waals surface area contributed by atoms with E-state index < -0.39 is 0 Å². The highest BCUT2D eigenvalue weighted by Gasteiger charge is 2.34. The molecule has 0 unspecified atom stereocenters. The van der Waals surface area contributed by atoms with Crippen molar-refractivity contribution in [1.82, 2.24) is 0 Å². The molecule has 29 heavy (non-hydrogen) atoms. The van der Waals surface area contributed by atoms with Crippen molar-refractivity contribution >= 4 is 5.78 Å². The Hall–Kier alpha value is -2.75. The summed E-state index contributed by atoms with van der Waals surface area (Å²) in [6.45, 7) is 6.31. The largest absolute Gasteiger partial charge is 0.507 e. The Morgan fingerprint density at radius 1 is 1.10 bits per heavy atom. The molecule has 0 spiro atoms. The van der Waals surface area contributed by atoms with E-state index in [2.05, 4.69) is 19.9 Å². The fourth-order valence-electron chi connectivity index (χ4n) is 4.42. The van der Waals surface area contributed by atoms with Gasteiger partial charge in [-0.2, -0.15) is 0 Å². The van der Waals surface area contributed by atoms with Crippen molar-refractivity contribution in [1.29, 1.82) is 0 Å². The van der Waals surface area contributed by atoms with Gasteiger partial charge in [0.05, 0.1) is 0 Å². The van der Waals surface area contributed by atoms with E-state index in [4.69, 9.17) is 0 Å². The van der Waals surface area contributed by atoms with Crippen LogP contribution in [-0.2, 0) is 6.42 Å². The molecule has 1 aliphatic carbocycles. The molecule has 4 heteroatoms. The highest BCUT2D eigenvalue weighted by molar-refractivity contribution is 6.02. The first-order valence-electron chi connectivity index (χ1n) is 10.3. The lowest BCUT2D eigenvalue weighted by Gasteiger charge is -2.34. The number of phenols is 3. The maximum atomic E-state index is 12.9. The van der Waals surface area contributed by atoms with E-state index in [1.54, 1.807) is 0 Å². The summed E-state index contributed by atoms with van der Waals surface area (Å²) in [5.74, 6) is -0.753. The molecule has 2 aromatic rings. The van der Waals surface area contributed by atoms with Crippen LogP contribution >= 0.6 is 0 Å². The Labute approximate surface area is 172 Å². The van der Waals surface area contributed by atoms with Crippen molar-refractivity contribution in [3.05, 3.63) is 64.7 Å². The summed E-state index contributed by atoms with van der Waals surface area (Å²) in [5, 5.41) is 31.9. The second-order valence-corrected chi connectivity index (χ2v) is 8.45. The van der Waals surface area contributed by atoms with Crippen molar-refractivity contribution in [3.8, 4) is 17.2 Å². The third-order valence-electron chi connectivity index (χ3n) is 6.05. The van der Waals surface area contributed by atoms with Gasteiger partial charge in [0, 0.05) is 24.0 Å². The number of ketones is 1. The average molecular weight is 395 g/mol. The number of aryl methyl sites for hydroxylation is 1. The molecular weight excluding hydrogens is 364 g/mol. The highest BCUT2D eigenvalue weighted by atomic mass is 16.3. The predicted molar refractivity (Wildman–Crippen MR) is 115 cm³/mol. The molecular formula is C25H30O4. The minimum Gasteiger partial charge on any atom is -0.507 e. The van der Waals surface area contributed by atoms with Gasteiger partial charge in [-0.1, -0.05) is 55.8 Å². The number of carbonyl (C=O) groups excluding carboxylic acids is 1. The van der Waals surface area contributed by atoms with Crippen molar-refractivity contribution in [2.45, 2.75) is 52.4 Å². The fourth-order valence-corrected chi connectivity index (χ4v) is 4.42. The van der Waals surface area contributed by atoms with Crippen LogP contribution in [-0.4, -0.2) is 21.1 Å². The molecule has 154 valence electrons. The molecule has 1 aliphatic rings. The summed E-state index contributed by atoms with van der Waals surface area (Å²) in [7, 11) is 0. The Bertz CT molecular complexity index is 912. The monoisotopic (exact) mass is 394 g/mol. The van der Waals surface area contributed by atoms with E-state index in [0.717, 1.165) is 18.4 Å². The summed E-state index contributed by atoms with van der Waals surface area (Å²) in [4.78, 5) is 12.9. The molecule has 0 fully saturated rings. The van der Waals surface area contributed by atoms with E-state index in [0.29, 0.717) is 17.9 Å². The van der Waals surface area contributed by atoms with E-state index in [-0.39, 0.29) is 46.9 Å². The molecule has 0 saturated heterocycles. The number of hydrogen-bond acceptors (Lipinski definition) is 4. The zero-order chi connectivity index (χ0) is 21.1. The summed E-state index contributed by atoms with van der Waals surface area (Å²) in [6.07, 6.45) is 4.72. The smallest absolute Gasteiger partial charge is 0.170 e. The second-order valence-electron chi connectivity index (χ2n) is 8.45. The van der Waals surface area contributed by atoms with Crippen LogP contribution in [0, 0.1) is 11.8 Å². The lowest BCUT2D eigenvalue weighted by atomic mass is 9.71. The maximum absolute atomic E-state index is 12.9. The van der Waals surface area contributed by atoms with Gasteiger partial charge < -0.3 is 15.3 Å². The minimum atomic E-state index is -0.376. The maximum Gasteiger partial charge on any atom is 0.170 e. The standard InChI is InChI=1S/C25H30O4/c1-15(2)18-11-9-16(3)13-19(18)23-21(27)14-22(28)24(25(23)29)20(26)12-10-17-7-5-4-6-8-17/h4-8,13-15,18-19,27-29H,9-12H2,1-3H3/t18-,19-/m0/s1. The first kappa shape index (κ1) is 21.0. The van der Waals surface area contributed by atoms with Gasteiger partial charge >= 0.3 is 0 Å². The van der Waals surface area contributed by atoms with Crippen molar-refractivity contribution < 1.29 is 20.1 Å². The zero-order valence-electron chi connectivity index (χ0n) is 17.4. The average Bonchev–Trinajstić information content (AvgIpc) is 2.66. The van der Waals surface area contributed by atoms with Gasteiger partial charge in [0.1, 0.15) is 22.8 Å². The third kappa shape index (κ3) is 4.47. The quantitative estimate of drug-likeness (QED) is 0.433. The lowest BCUT2D eigenvalue weighted by Crippen LogP contribution is -2.21. The Balaban J connectivity index is 1.97. The van der Waals surface area contributed by atoms with Crippen LogP contribution in [0.15, 0.2) is 48.0 Å². The lowest BCUT2D eigenvalue weighted by molar-refractivity contribution is 0.0977. The topological polar surface area (TPSA) is 77.8 Å². The second kappa shape index (κ2) is 8.73. The van der Waals surface area contributed by atoms with Gasteiger partial charge in [-0.25, -0.2) is 0 Å². The molecule has 0 saturated carbocycles. The summed E-state index contributed by atoms with van der Waals surface area (Å²) < 4.78 is 0. The van der Waals surface area contributed by atoms with Crippen molar-refractivity contribution in [2.75, 3.05) is 0 Å². The van der Waals surface area contributed by atoms with Gasteiger partial charge in [-0.3, -0.25) is 4.79 Å². The number of benzene rings is 2. The number of rotatable bonds is 6. The van der Waals surface area contributed by atoms with E-state index in [1.165, 1.54) is 11.6 Å². The van der Waals surface area contributed by atoms with Crippen LogP contribution in [0.4, 0.5) is 0 Å². The van der Waals surface area contributed by atoms with Crippen molar-refractivity contribution in [3.63, 3.8) is 0 Å². The first-order valence-corrected chi connectivity index (χ1v) is 10.3. The van der Waals surface area contributed by atoms with Crippen LogP contribution in [0.2, 0.25) is 0 Å². The molecule has 3 rings (SSSR count). The summed E-state index contributed by atoms with van der Waals surface area (Å²) in [6, 6.07) is 10.8. The first-order chi connectivity index (χ1) is 13.8. The Morgan fingerprint density at radius 3 is 2.45 bits per heavy atom. The number of aromatic hydroxyl groups is 3. The molecule has 2 atom stereocenters. The number of allylic oxidation sites excluding steroid dienone is 2. The van der Waals surface area contributed by atoms with Crippen LogP contribution in [0.1, 0.15) is 67.4 Å². The highest BCUT2D eigenvalue weighted by Crippen LogP contribution is 2.49. The SMILES string of the molecule is CC1=C[C@H](c2c(O)cc(O)c(C(=O)CCc3ccccc3)c2O)[C@H](C(C)C)CC1. The predicted octanol–water partition coefficient (Wildman–Crippen LogP) is 5.71. The summed E-state index contributed by atoms with van der Waals surface area (Å²) in [5.41, 5.74) is 2.48. The van der Waals surface area contributed by atoms with Gasteiger partial charge in [0.25, 0.3) is 0 Å². The molecule has 3 N–H and O–H groups in total. The molecule has 2 aromatic carbocycles. The Morgan fingerprint density at radius 2 is 1.79 bits per heavy atom. The van der Waals surface area contributed by atoms with Gasteiger partial charge in [0.2, 0.25) is 0 Å². The number of Topliss-reactive ketones (excluding diaryl/α,β-unsaturated/α-hetero) is 1. The van der Waals surface area contributed by atoms with E-state index >= 15 is 0 Å². The van der Waals surface area contributed by atoms with Gasteiger partial charge in [-0.15, -0.1) is 0 Å². The Kier molecular flexibility index (Phi) is 6.31. The van der Waals surface area contributed by atoms with Gasteiger partial charge in [-0.05, 0) is 43.6 Å². The molecule has 0 amide bonds. The molecule has 0 heterocycles. The van der Waals surface area contributed by atoms with Gasteiger partial charge in [0.15, 0.2) is 5.78 Å². The van der Waals surface area contributed by atoms with Crippen LogP contribution in [0.25, 0.3) is 0 Å². The van der Waals surface area contributed by atoms with Crippen LogP contribution < -0.4 is 0 Å². The van der Waals surface area contributed by atoms with Crippen molar-refractivity contribution in [2.24, 2.45) is 11.8 Å². The molecule has 4 nitrogen and oxygen atoms in total. The number of carbonyl (C=O) groups is 1. The zero-order valence-corrected chi connectivity index (χ0v) is 17.4. The molecule has 0 aromatic heterocycles. The fraction of sp³-hybridized carbons (Fsp3) is 0.400. The minimum absolute atomic E-state index is 0.0899. The number of phenolic OH excluding ortho intramolecular Hbond substituents is 3. The van der Waals surface area contributed by atoms with Crippen LogP contribution in [0.5, 0.6) is 17.2 Å².